The summed E-state index contributed by atoms with van der Waals surface area (Å²) in [5.74, 6) is -0.408. The second-order valence-electron chi connectivity index (χ2n) is 5.43. The molecule has 0 aliphatic rings. The van der Waals surface area contributed by atoms with Gasteiger partial charge in [-0.15, -0.1) is 0 Å². The Hall–Kier alpha value is -1.62. The van der Waals surface area contributed by atoms with Crippen LogP contribution in [-0.2, 0) is 15.7 Å². The normalized spacial score (nSPS) is 15.0. The third-order valence-corrected chi connectivity index (χ3v) is 3.62. The number of esters is 1. The summed E-state index contributed by atoms with van der Waals surface area (Å²) in [7, 11) is -1.29. The summed E-state index contributed by atoms with van der Waals surface area (Å²) in [6.07, 6.45) is 1.15. The van der Waals surface area contributed by atoms with Crippen LogP contribution in [-0.4, -0.2) is 27.2 Å². The largest absolute Gasteiger partial charge is 0.418 e. The molecule has 0 aromatic heterocycles. The average Bonchev–Trinajstić information content (AvgIpc) is 2.34. The number of hydrogen-bond donors (Lipinski definition) is 0. The van der Waals surface area contributed by atoms with E-state index in [0.29, 0.717) is 5.56 Å². The second-order valence-corrected chi connectivity index (χ2v) is 7.37. The monoisotopic (exact) mass is 294 g/mol. The van der Waals surface area contributed by atoms with Crippen molar-refractivity contribution in [2.45, 2.75) is 38.5 Å². The number of carbonyl (C=O) groups is 1. The van der Waals surface area contributed by atoms with Crippen LogP contribution in [0.5, 0.6) is 0 Å². The van der Waals surface area contributed by atoms with Gasteiger partial charge in [0.15, 0.2) is 0 Å². The molecular formula is C15H20NO3S+. The van der Waals surface area contributed by atoms with Gasteiger partial charge in [0, 0.05) is 13.1 Å². The summed E-state index contributed by atoms with van der Waals surface area (Å²) in [5.41, 5.74) is 1.23. The van der Waals surface area contributed by atoms with Gasteiger partial charge in [-0.3, -0.25) is 0 Å². The van der Waals surface area contributed by atoms with Crippen molar-refractivity contribution in [3.63, 3.8) is 0 Å². The average molecular weight is 294 g/mol. The van der Waals surface area contributed by atoms with E-state index in [1.54, 1.807) is 37.4 Å². The van der Waals surface area contributed by atoms with Crippen molar-refractivity contribution in [3.05, 3.63) is 42.3 Å². The molecule has 1 unspecified atom stereocenters. The lowest BCUT2D eigenvalue weighted by Gasteiger charge is -2.12. The first-order chi connectivity index (χ1) is 9.20. The molecule has 0 heterocycles. The first-order valence-electron chi connectivity index (χ1n) is 6.30. The Labute approximate surface area is 122 Å². The lowest BCUT2D eigenvalue weighted by Crippen LogP contribution is -2.19. The van der Waals surface area contributed by atoms with Gasteiger partial charge in [-0.2, -0.15) is 4.40 Å². The van der Waals surface area contributed by atoms with E-state index in [1.165, 1.54) is 0 Å². The van der Waals surface area contributed by atoms with Crippen LogP contribution in [0.3, 0.4) is 0 Å². The van der Waals surface area contributed by atoms with Gasteiger partial charge in [0.1, 0.15) is 17.9 Å². The smallest absolute Gasteiger partial charge is 0.341 e. The van der Waals surface area contributed by atoms with Crippen LogP contribution in [0.2, 0.25) is 0 Å². The number of carbonyl (C=O) groups excluding carboxylic acids is 1. The Morgan fingerprint density at radius 1 is 1.35 bits per heavy atom. The van der Waals surface area contributed by atoms with E-state index in [-0.39, 0.29) is 4.75 Å². The molecule has 0 saturated carbocycles. The van der Waals surface area contributed by atoms with Crippen LogP contribution in [0.1, 0.15) is 43.6 Å². The number of rotatable bonds is 4. The molecule has 0 spiro atoms. The highest BCUT2D eigenvalue weighted by Crippen LogP contribution is 2.12. The predicted octanol–water partition coefficient (Wildman–Crippen LogP) is 2.95. The molecule has 0 saturated heterocycles. The highest BCUT2D eigenvalue weighted by atomic mass is 32.2. The van der Waals surface area contributed by atoms with Gasteiger partial charge in [0.2, 0.25) is 6.10 Å². The predicted molar refractivity (Wildman–Crippen MR) is 82.2 cm³/mol. The molecule has 1 aromatic carbocycles. The molecule has 0 amide bonds. The fourth-order valence-electron chi connectivity index (χ4n) is 1.22. The van der Waals surface area contributed by atoms with Crippen molar-refractivity contribution < 1.29 is 13.7 Å². The summed E-state index contributed by atoms with van der Waals surface area (Å²) in [6.45, 7) is 10.9. The van der Waals surface area contributed by atoms with E-state index in [0.717, 1.165) is 5.56 Å². The Morgan fingerprint density at radius 3 is 2.35 bits per heavy atom. The molecule has 0 radical (unpaired) electrons. The van der Waals surface area contributed by atoms with Crippen LogP contribution in [0, 0.1) is 6.92 Å². The van der Waals surface area contributed by atoms with Gasteiger partial charge >= 0.3 is 5.97 Å². The Balaban J connectivity index is 2.75. The number of hydrogen-bond acceptors (Lipinski definition) is 3. The van der Waals surface area contributed by atoms with Crippen molar-refractivity contribution in [1.29, 1.82) is 0 Å². The summed E-state index contributed by atoms with van der Waals surface area (Å²) in [5, 5.41) is 0. The van der Waals surface area contributed by atoms with E-state index < -0.39 is 23.1 Å². The van der Waals surface area contributed by atoms with Crippen LogP contribution in [0.4, 0.5) is 0 Å². The summed E-state index contributed by atoms with van der Waals surface area (Å²) < 4.78 is 20.4. The molecule has 5 heteroatoms. The van der Waals surface area contributed by atoms with Gasteiger partial charge < -0.3 is 4.74 Å². The van der Waals surface area contributed by atoms with Crippen LogP contribution >= 0.6 is 0 Å². The molecular weight excluding hydrogens is 274 g/mol. The van der Waals surface area contributed by atoms with Crippen molar-refractivity contribution in [2.75, 3.05) is 0 Å². The molecule has 0 N–H and O–H groups in total. The number of benzene rings is 1. The zero-order valence-corrected chi connectivity index (χ0v) is 13.1. The molecule has 108 valence electrons. The zero-order chi connectivity index (χ0) is 15.3. The summed E-state index contributed by atoms with van der Waals surface area (Å²) in [4.78, 5) is 11.6. The second kappa shape index (κ2) is 6.70. The fourth-order valence-corrected chi connectivity index (χ4v) is 1.76. The Kier molecular flexibility index (Phi) is 5.51. The first kappa shape index (κ1) is 16.4. The first-order valence-corrected chi connectivity index (χ1v) is 7.41. The van der Waals surface area contributed by atoms with Crippen LogP contribution in [0.25, 0.3) is 0 Å². The molecule has 1 rings (SSSR count). The standard InChI is InChI=1S/C15H20NO3S/c1-11(2)19-14(17)13-8-6-12(7-9-13)10-16-20(18)15(3,4)5/h6-11H,1H2,2-5H3/q+1/t11?,20-/m0/s1. The van der Waals surface area contributed by atoms with Crippen molar-refractivity contribution in [2.24, 2.45) is 4.40 Å². The molecule has 20 heavy (non-hydrogen) atoms. The van der Waals surface area contributed by atoms with Crippen molar-refractivity contribution >= 4 is 23.2 Å². The van der Waals surface area contributed by atoms with Gasteiger partial charge in [-0.05, 0) is 38.5 Å². The van der Waals surface area contributed by atoms with Gasteiger partial charge in [0.25, 0.3) is 0 Å². The maximum Gasteiger partial charge on any atom is 0.341 e. The molecule has 0 aliphatic carbocycles. The van der Waals surface area contributed by atoms with E-state index in [2.05, 4.69) is 11.3 Å². The van der Waals surface area contributed by atoms with E-state index >= 15 is 0 Å². The van der Waals surface area contributed by atoms with Crippen LogP contribution < -0.4 is 0 Å². The third kappa shape index (κ3) is 5.17. The highest BCUT2D eigenvalue weighted by molar-refractivity contribution is 7.85. The highest BCUT2D eigenvalue weighted by Gasteiger charge is 2.18. The molecule has 0 aliphatic heterocycles. The minimum atomic E-state index is -1.29. The number of ether oxygens (including phenoxy) is 1. The zero-order valence-electron chi connectivity index (χ0n) is 12.3. The van der Waals surface area contributed by atoms with E-state index in [9.17, 15) is 9.00 Å². The van der Waals surface area contributed by atoms with Crippen molar-refractivity contribution in [1.82, 2.24) is 0 Å². The minimum Gasteiger partial charge on any atom is -0.418 e. The fraction of sp³-hybridized carbons (Fsp3) is 0.400. The summed E-state index contributed by atoms with van der Waals surface area (Å²) >= 11 is 0. The van der Waals surface area contributed by atoms with E-state index in [1.807, 2.05) is 20.8 Å². The third-order valence-electron chi connectivity index (χ3n) is 2.28. The maximum atomic E-state index is 11.8. The van der Waals surface area contributed by atoms with Gasteiger partial charge in [0.05, 0.1) is 10.3 Å². The maximum absolute atomic E-state index is 11.8. The quantitative estimate of drug-likeness (QED) is 0.487. The van der Waals surface area contributed by atoms with E-state index in [4.69, 9.17) is 4.74 Å². The molecule has 1 aromatic rings. The molecule has 0 bridgehead atoms. The molecule has 0 fully saturated rings. The molecule has 4 nitrogen and oxygen atoms in total. The Bertz CT molecular complexity index is 513. The van der Waals surface area contributed by atoms with Gasteiger partial charge in [-0.1, -0.05) is 12.1 Å². The van der Waals surface area contributed by atoms with Crippen LogP contribution in [0.15, 0.2) is 28.7 Å². The minimum absolute atomic E-state index is 0.384. The SMILES string of the molecule is [CH2+]C(C)OC(=O)c1ccc(C=N[S@@](=O)C(C)(C)C)cc1. The number of nitrogens with zero attached hydrogens (tertiary/aromatic N) is 1. The lowest BCUT2D eigenvalue weighted by atomic mass is 10.1. The summed E-state index contributed by atoms with van der Waals surface area (Å²) in [6, 6.07) is 6.75. The topological polar surface area (TPSA) is 55.7 Å². The van der Waals surface area contributed by atoms with Crippen molar-refractivity contribution in [3.8, 4) is 0 Å². The van der Waals surface area contributed by atoms with Gasteiger partial charge in [-0.25, -0.2) is 9.00 Å². The Morgan fingerprint density at radius 2 is 1.90 bits per heavy atom. The lowest BCUT2D eigenvalue weighted by molar-refractivity contribution is 0.0420. The molecule has 2 atom stereocenters.